The van der Waals surface area contributed by atoms with Gasteiger partial charge in [-0.25, -0.2) is 0 Å². The van der Waals surface area contributed by atoms with Crippen molar-refractivity contribution in [1.29, 1.82) is 0 Å². The van der Waals surface area contributed by atoms with Crippen LogP contribution in [0.5, 0.6) is 0 Å². The predicted molar refractivity (Wildman–Crippen MR) is 114 cm³/mol. The van der Waals surface area contributed by atoms with Crippen LogP contribution in [0.25, 0.3) is 0 Å². The molecule has 26 heavy (non-hydrogen) atoms. The van der Waals surface area contributed by atoms with Crippen molar-refractivity contribution in [3.63, 3.8) is 0 Å². The third-order valence-corrected chi connectivity index (χ3v) is 6.99. The first-order chi connectivity index (χ1) is 11.9. The van der Waals surface area contributed by atoms with Gasteiger partial charge in [0.15, 0.2) is 0 Å². The van der Waals surface area contributed by atoms with E-state index in [4.69, 9.17) is 0 Å². The molecule has 1 aromatic rings. The summed E-state index contributed by atoms with van der Waals surface area (Å²) in [5.41, 5.74) is 2.68. The number of amides is 1. The number of benzene rings is 1. The summed E-state index contributed by atoms with van der Waals surface area (Å²) in [4.78, 5) is 17.2. The Morgan fingerprint density at radius 1 is 1.15 bits per heavy atom. The van der Waals surface area contributed by atoms with Crippen LogP contribution in [0.3, 0.4) is 0 Å². The minimum absolute atomic E-state index is 0. The molecule has 2 fully saturated rings. The first-order valence-electron chi connectivity index (χ1n) is 9.46. The molecule has 0 saturated carbocycles. The number of rotatable bonds is 5. The molecule has 1 unspecified atom stereocenters. The van der Waals surface area contributed by atoms with Gasteiger partial charge >= 0.3 is 0 Å². The van der Waals surface area contributed by atoms with Crippen molar-refractivity contribution >= 4 is 35.8 Å². The zero-order chi connectivity index (χ0) is 18.1. The van der Waals surface area contributed by atoms with Crippen molar-refractivity contribution in [3.8, 4) is 0 Å². The lowest BCUT2D eigenvalue weighted by Crippen LogP contribution is -2.60. The molecule has 3 rings (SSSR count). The number of para-hydroxylation sites is 1. The summed E-state index contributed by atoms with van der Waals surface area (Å²) in [5, 5.41) is 3.36. The summed E-state index contributed by atoms with van der Waals surface area (Å²) in [6.07, 6.45) is 3.32. The van der Waals surface area contributed by atoms with Gasteiger partial charge in [0.2, 0.25) is 5.91 Å². The number of hydrogen-bond donors (Lipinski definition) is 1. The van der Waals surface area contributed by atoms with Crippen LogP contribution in [0, 0.1) is 6.92 Å². The lowest BCUT2D eigenvalue weighted by molar-refractivity contribution is -0.124. The standard InChI is InChI=1S/C20H31N3OS.ClH/c1-5-6-11-20(21-18(24)19(3,4)25-20)23-14-12-22(13-15-23)17-10-8-7-9-16(17)2;/h7-10H,5-6,11-15H2,1-4H3,(H,21,24);1H. The molecule has 0 spiro atoms. The highest BCUT2D eigenvalue weighted by Gasteiger charge is 2.52. The molecule has 146 valence electrons. The van der Waals surface area contributed by atoms with E-state index in [2.05, 4.69) is 53.2 Å². The number of anilines is 1. The molecule has 0 bridgehead atoms. The summed E-state index contributed by atoms with van der Waals surface area (Å²) >= 11 is 1.82. The summed E-state index contributed by atoms with van der Waals surface area (Å²) < 4.78 is -0.346. The molecule has 0 radical (unpaired) electrons. The number of carbonyl (C=O) groups excluding carboxylic acids is 1. The highest BCUT2D eigenvalue weighted by atomic mass is 35.5. The van der Waals surface area contributed by atoms with Crippen LogP contribution in [-0.4, -0.2) is 46.7 Å². The van der Waals surface area contributed by atoms with E-state index in [0.717, 1.165) is 45.4 Å². The number of unbranched alkanes of at least 4 members (excludes halogenated alkanes) is 1. The van der Waals surface area contributed by atoms with E-state index in [-0.39, 0.29) is 28.1 Å². The van der Waals surface area contributed by atoms with Gasteiger partial charge in [-0.15, -0.1) is 24.2 Å². The van der Waals surface area contributed by atoms with E-state index in [1.54, 1.807) is 0 Å². The van der Waals surface area contributed by atoms with E-state index in [1.807, 2.05) is 25.6 Å². The maximum atomic E-state index is 12.5. The number of nitrogens with one attached hydrogen (secondary N) is 1. The van der Waals surface area contributed by atoms with Crippen LogP contribution in [0.4, 0.5) is 5.69 Å². The summed E-state index contributed by atoms with van der Waals surface area (Å²) in [5.74, 6) is 0.176. The van der Waals surface area contributed by atoms with E-state index in [1.165, 1.54) is 11.3 Å². The lowest BCUT2D eigenvalue weighted by atomic mass is 10.1. The van der Waals surface area contributed by atoms with Crippen LogP contribution >= 0.6 is 24.2 Å². The highest BCUT2D eigenvalue weighted by molar-refractivity contribution is 8.03. The fourth-order valence-corrected chi connectivity index (χ4v) is 5.57. The molecule has 1 amide bonds. The van der Waals surface area contributed by atoms with Gasteiger partial charge in [0.1, 0.15) is 4.99 Å². The first-order valence-corrected chi connectivity index (χ1v) is 10.3. The monoisotopic (exact) mass is 397 g/mol. The molecular formula is C20H32ClN3OS. The van der Waals surface area contributed by atoms with Crippen molar-refractivity contribution in [2.45, 2.75) is 56.7 Å². The molecule has 6 heteroatoms. The molecule has 2 aliphatic heterocycles. The van der Waals surface area contributed by atoms with Gasteiger partial charge in [-0.1, -0.05) is 31.5 Å². The lowest BCUT2D eigenvalue weighted by Gasteiger charge is -2.46. The summed E-state index contributed by atoms with van der Waals surface area (Å²) in [6.45, 7) is 12.5. The van der Waals surface area contributed by atoms with Crippen molar-refractivity contribution in [2.24, 2.45) is 0 Å². The first kappa shape index (κ1) is 21.4. The summed E-state index contributed by atoms with van der Waals surface area (Å²) in [7, 11) is 0. The van der Waals surface area contributed by atoms with E-state index < -0.39 is 0 Å². The number of halogens is 1. The summed E-state index contributed by atoms with van der Waals surface area (Å²) in [6, 6.07) is 8.61. The normalized spacial score (nSPS) is 25.7. The molecule has 2 saturated heterocycles. The van der Waals surface area contributed by atoms with Crippen molar-refractivity contribution < 1.29 is 4.79 Å². The Bertz CT molecular complexity index is 631. The molecule has 1 atom stereocenters. The van der Waals surface area contributed by atoms with E-state index >= 15 is 0 Å². The zero-order valence-corrected chi connectivity index (χ0v) is 18.0. The Balaban J connectivity index is 0.00000243. The number of hydrogen-bond acceptors (Lipinski definition) is 4. The van der Waals surface area contributed by atoms with Gasteiger partial charge in [0, 0.05) is 31.9 Å². The number of thioether (sulfide) groups is 1. The minimum atomic E-state index is -0.346. The average Bonchev–Trinajstić information content (AvgIpc) is 2.84. The van der Waals surface area contributed by atoms with E-state index in [0.29, 0.717) is 0 Å². The quantitative estimate of drug-likeness (QED) is 0.813. The predicted octanol–water partition coefficient (Wildman–Crippen LogP) is 4.02. The SMILES string of the molecule is CCCCC1(N2CCN(c3ccccc3C)CC2)NC(=O)C(C)(C)S1.Cl. The Hall–Kier alpha value is -0.910. The van der Waals surface area contributed by atoms with Gasteiger partial charge in [0.25, 0.3) is 0 Å². The smallest absolute Gasteiger partial charge is 0.237 e. The Morgan fingerprint density at radius 3 is 2.35 bits per heavy atom. The van der Waals surface area contributed by atoms with Crippen LogP contribution in [0.2, 0.25) is 0 Å². The maximum absolute atomic E-state index is 12.5. The Labute approximate surface area is 168 Å². The Morgan fingerprint density at radius 2 is 1.81 bits per heavy atom. The third kappa shape index (κ3) is 4.15. The fraction of sp³-hybridized carbons (Fsp3) is 0.650. The van der Waals surface area contributed by atoms with Crippen LogP contribution in [0.15, 0.2) is 24.3 Å². The number of piperazine rings is 1. The fourth-order valence-electron chi connectivity index (χ4n) is 3.88. The third-order valence-electron chi connectivity index (χ3n) is 5.40. The number of nitrogens with zero attached hydrogens (tertiary/aromatic N) is 2. The van der Waals surface area contributed by atoms with Gasteiger partial charge in [0.05, 0.1) is 4.75 Å². The molecule has 0 aliphatic carbocycles. The second kappa shape index (κ2) is 8.41. The molecule has 1 N–H and O–H groups in total. The molecule has 1 aromatic carbocycles. The minimum Gasteiger partial charge on any atom is -0.369 e. The average molecular weight is 398 g/mol. The van der Waals surface area contributed by atoms with E-state index in [9.17, 15) is 4.79 Å². The van der Waals surface area contributed by atoms with Crippen molar-refractivity contribution in [2.75, 3.05) is 31.1 Å². The van der Waals surface area contributed by atoms with Gasteiger partial charge in [-0.3, -0.25) is 9.69 Å². The van der Waals surface area contributed by atoms with Crippen molar-refractivity contribution in [1.82, 2.24) is 10.2 Å². The van der Waals surface area contributed by atoms with Crippen molar-refractivity contribution in [3.05, 3.63) is 29.8 Å². The largest absolute Gasteiger partial charge is 0.369 e. The second-order valence-electron chi connectivity index (χ2n) is 7.72. The van der Waals surface area contributed by atoms with Crippen LogP contribution in [-0.2, 0) is 4.79 Å². The number of carbonyl (C=O) groups is 1. The molecule has 2 heterocycles. The maximum Gasteiger partial charge on any atom is 0.237 e. The second-order valence-corrected chi connectivity index (χ2v) is 9.62. The van der Waals surface area contributed by atoms with Crippen LogP contribution in [0.1, 0.15) is 45.6 Å². The highest BCUT2D eigenvalue weighted by Crippen LogP contribution is 2.46. The molecular weight excluding hydrogens is 366 g/mol. The van der Waals surface area contributed by atoms with Gasteiger partial charge in [-0.05, 0) is 45.2 Å². The molecule has 0 aromatic heterocycles. The molecule has 2 aliphatic rings. The van der Waals surface area contributed by atoms with Gasteiger partial charge in [-0.2, -0.15) is 0 Å². The van der Waals surface area contributed by atoms with Crippen LogP contribution < -0.4 is 10.2 Å². The number of aryl methyl sites for hydroxylation is 1. The Kier molecular flexibility index (Phi) is 6.92. The zero-order valence-electron chi connectivity index (χ0n) is 16.4. The topological polar surface area (TPSA) is 35.6 Å². The van der Waals surface area contributed by atoms with Gasteiger partial charge < -0.3 is 10.2 Å². The molecule has 4 nitrogen and oxygen atoms in total.